The Balaban J connectivity index is 1.75. The normalized spacial score (nSPS) is 18.4. The van der Waals surface area contributed by atoms with Gasteiger partial charge in [0.25, 0.3) is 5.56 Å². The molecule has 1 amide bonds. The Bertz CT molecular complexity index is 1470. The van der Waals surface area contributed by atoms with Gasteiger partial charge in [-0.25, -0.2) is 8.78 Å². The first-order chi connectivity index (χ1) is 20.1. The van der Waals surface area contributed by atoms with Crippen LogP contribution in [0.3, 0.4) is 0 Å². The third-order valence-corrected chi connectivity index (χ3v) is 7.82. The lowest BCUT2D eigenvalue weighted by Gasteiger charge is -2.25. The van der Waals surface area contributed by atoms with E-state index in [2.05, 4.69) is 5.32 Å². The average Bonchev–Trinajstić information content (AvgIpc) is 2.93. The molecule has 0 spiro atoms. The van der Waals surface area contributed by atoms with Gasteiger partial charge in [-0.2, -0.15) is 0 Å². The number of benzene rings is 2. The third kappa shape index (κ3) is 8.12. The smallest absolute Gasteiger partial charge is 0.305 e. The molecule has 3 aromatic rings. The summed E-state index contributed by atoms with van der Waals surface area (Å²) in [7, 11) is 3.93. The molecule has 2 atom stereocenters. The van der Waals surface area contributed by atoms with Crippen molar-refractivity contribution in [2.75, 3.05) is 20.6 Å². The summed E-state index contributed by atoms with van der Waals surface area (Å²) < 4.78 is 30.8. The second kappa shape index (κ2) is 14.4. The number of rotatable bonds is 6. The number of nitrogens with one attached hydrogen (secondary N) is 1. The van der Waals surface area contributed by atoms with Gasteiger partial charge < -0.3 is 19.9 Å². The van der Waals surface area contributed by atoms with Gasteiger partial charge in [0, 0.05) is 30.4 Å². The van der Waals surface area contributed by atoms with Crippen LogP contribution in [-0.2, 0) is 22.4 Å². The Hall–Kier alpha value is -3.85. The lowest BCUT2D eigenvalue weighted by Crippen LogP contribution is -2.39. The van der Waals surface area contributed by atoms with Crippen LogP contribution in [0.4, 0.5) is 8.78 Å². The number of amides is 1. The fraction of sp³-hybridized carbons (Fsp3) is 0.424. The zero-order chi connectivity index (χ0) is 30.2. The molecule has 1 aliphatic heterocycles. The fourth-order valence-electron chi connectivity index (χ4n) is 5.63. The van der Waals surface area contributed by atoms with Crippen molar-refractivity contribution in [3.05, 3.63) is 93.4 Å². The molecule has 0 fully saturated rings. The number of carboxylic acids is 1. The van der Waals surface area contributed by atoms with Crippen LogP contribution in [0.1, 0.15) is 73.7 Å². The highest BCUT2D eigenvalue weighted by Crippen LogP contribution is 2.32. The summed E-state index contributed by atoms with van der Waals surface area (Å²) in [6.45, 7) is 0.780. The van der Waals surface area contributed by atoms with Gasteiger partial charge in [-0.05, 0) is 74.2 Å². The highest BCUT2D eigenvalue weighted by atomic mass is 19.1. The largest absolute Gasteiger partial charge is 0.481 e. The first-order valence-electron chi connectivity index (χ1n) is 14.6. The van der Waals surface area contributed by atoms with E-state index < -0.39 is 42.0 Å². The van der Waals surface area contributed by atoms with Crippen LogP contribution in [0.25, 0.3) is 11.1 Å². The molecule has 0 aliphatic carbocycles. The maximum absolute atomic E-state index is 15.2. The second-order valence-electron chi connectivity index (χ2n) is 11.4. The van der Waals surface area contributed by atoms with Crippen molar-refractivity contribution in [3.63, 3.8) is 0 Å². The monoisotopic (exact) mass is 579 g/mol. The maximum Gasteiger partial charge on any atom is 0.305 e. The highest BCUT2D eigenvalue weighted by Gasteiger charge is 2.27. The topological polar surface area (TPSA) is 91.6 Å². The van der Waals surface area contributed by atoms with Crippen LogP contribution in [0, 0.1) is 11.6 Å². The van der Waals surface area contributed by atoms with Crippen LogP contribution >= 0.6 is 0 Å². The van der Waals surface area contributed by atoms with E-state index in [-0.39, 0.29) is 11.1 Å². The molecule has 7 nitrogen and oxygen atoms in total. The van der Waals surface area contributed by atoms with E-state index in [1.807, 2.05) is 19.0 Å². The number of likely N-dealkylation sites (N-methyl/N-ethyl adjacent to an activating group) is 1. The summed E-state index contributed by atoms with van der Waals surface area (Å²) in [5.41, 5.74) is 2.44. The number of hydrogen-bond acceptors (Lipinski definition) is 4. The minimum Gasteiger partial charge on any atom is -0.481 e. The molecule has 2 heterocycles. The van der Waals surface area contributed by atoms with Crippen molar-refractivity contribution in [2.45, 2.75) is 69.9 Å². The second-order valence-corrected chi connectivity index (χ2v) is 11.4. The van der Waals surface area contributed by atoms with Crippen LogP contribution in [0.15, 0.2) is 59.5 Å². The van der Waals surface area contributed by atoms with E-state index in [1.165, 1.54) is 16.7 Å². The van der Waals surface area contributed by atoms with Gasteiger partial charge in [-0.15, -0.1) is 0 Å². The van der Waals surface area contributed by atoms with Crippen molar-refractivity contribution in [2.24, 2.45) is 0 Å². The van der Waals surface area contributed by atoms with Crippen molar-refractivity contribution in [3.8, 4) is 11.1 Å². The molecule has 1 aromatic heterocycles. The number of carbonyl (C=O) groups excluding carboxylic acids is 1. The Morgan fingerprint density at radius 2 is 1.79 bits per heavy atom. The molecule has 9 heteroatoms. The van der Waals surface area contributed by atoms with Crippen molar-refractivity contribution in [1.29, 1.82) is 0 Å². The molecular weight excluding hydrogens is 540 g/mol. The van der Waals surface area contributed by atoms with Crippen molar-refractivity contribution >= 4 is 11.9 Å². The van der Waals surface area contributed by atoms with Gasteiger partial charge in [0.2, 0.25) is 5.91 Å². The number of fused-ring (bicyclic) bond motifs is 4. The molecule has 0 saturated heterocycles. The Morgan fingerprint density at radius 3 is 2.55 bits per heavy atom. The summed E-state index contributed by atoms with van der Waals surface area (Å²) in [5.74, 6) is -2.89. The Kier molecular flexibility index (Phi) is 10.6. The lowest BCUT2D eigenvalue weighted by molar-refractivity contribution is -0.138. The van der Waals surface area contributed by atoms with E-state index in [0.29, 0.717) is 42.4 Å². The molecule has 2 bridgehead atoms. The predicted molar refractivity (Wildman–Crippen MR) is 158 cm³/mol. The zero-order valence-corrected chi connectivity index (χ0v) is 24.2. The van der Waals surface area contributed by atoms with E-state index in [4.69, 9.17) is 0 Å². The predicted octanol–water partition coefficient (Wildman–Crippen LogP) is 5.67. The van der Waals surface area contributed by atoms with Gasteiger partial charge in [0.05, 0.1) is 12.5 Å². The van der Waals surface area contributed by atoms with Crippen LogP contribution in [0.5, 0.6) is 0 Å². The summed E-state index contributed by atoms with van der Waals surface area (Å²) in [6, 6.07) is 10.4. The number of pyridine rings is 1. The number of carboxylic acid groups (broad SMARTS) is 1. The number of aliphatic carboxylic acids is 1. The molecule has 0 radical (unpaired) electrons. The molecule has 4 rings (SSSR count). The van der Waals surface area contributed by atoms with Crippen LogP contribution in [0.2, 0.25) is 0 Å². The fourth-order valence-corrected chi connectivity index (χ4v) is 5.63. The summed E-state index contributed by atoms with van der Waals surface area (Å²) >= 11 is 0. The first kappa shape index (κ1) is 31.1. The standard InChI is InChI=1S/C33H39F2N3O4/c1-37(2)16-15-22-13-14-30(39)38(21-22)29-12-7-5-3-4-6-9-25-18-26(34)19-27(35)32(25)24-11-8-10-23(17-24)28(20-31(40)41)36-33(29)42/h8,10-11,13-14,17-19,21,28-29H,3-7,9,12,15-16,20H2,1-2H3,(H,36,42)(H,40,41)/t28-,29-/m0/s1. The number of halogens is 2. The van der Waals surface area contributed by atoms with Gasteiger partial charge in [-0.1, -0.05) is 49.9 Å². The van der Waals surface area contributed by atoms with E-state index in [9.17, 15) is 23.9 Å². The summed E-state index contributed by atoms with van der Waals surface area (Å²) in [4.78, 5) is 40.8. The SMILES string of the molecule is CN(C)CCc1ccc(=O)n([C@H]2CCCCCCCc3cc(F)cc(F)c3-c3cccc(c3)[C@H](CC(=O)O)NC2=O)c1. The van der Waals surface area contributed by atoms with Crippen molar-refractivity contribution in [1.82, 2.24) is 14.8 Å². The number of carbonyl (C=O) groups is 2. The molecule has 224 valence electrons. The maximum atomic E-state index is 15.2. The van der Waals surface area contributed by atoms with Crippen LogP contribution < -0.4 is 10.9 Å². The number of aromatic nitrogens is 1. The summed E-state index contributed by atoms with van der Waals surface area (Å²) in [5, 5.41) is 12.6. The number of hydrogen-bond donors (Lipinski definition) is 2. The molecule has 42 heavy (non-hydrogen) atoms. The summed E-state index contributed by atoms with van der Waals surface area (Å²) in [6.07, 6.45) is 6.94. The lowest BCUT2D eigenvalue weighted by atomic mass is 9.91. The zero-order valence-electron chi connectivity index (χ0n) is 24.2. The minimum absolute atomic E-state index is 0.282. The van der Waals surface area contributed by atoms with Gasteiger partial charge >= 0.3 is 5.97 Å². The highest BCUT2D eigenvalue weighted by molar-refractivity contribution is 5.82. The van der Waals surface area contributed by atoms with Crippen molar-refractivity contribution < 1.29 is 23.5 Å². The number of aryl methyl sites for hydroxylation is 1. The first-order valence-corrected chi connectivity index (χ1v) is 14.6. The molecule has 2 aromatic carbocycles. The van der Waals surface area contributed by atoms with Gasteiger partial charge in [0.1, 0.15) is 17.7 Å². The van der Waals surface area contributed by atoms with Gasteiger partial charge in [0.15, 0.2) is 0 Å². The average molecular weight is 580 g/mol. The minimum atomic E-state index is -1.12. The van der Waals surface area contributed by atoms with Gasteiger partial charge in [-0.3, -0.25) is 14.4 Å². The Labute approximate surface area is 245 Å². The van der Waals surface area contributed by atoms with E-state index >= 15 is 4.39 Å². The molecule has 0 saturated carbocycles. The Morgan fingerprint density at radius 1 is 1.02 bits per heavy atom. The molecule has 2 N–H and O–H groups in total. The molecular formula is C33H39F2N3O4. The quantitative estimate of drug-likeness (QED) is 0.393. The van der Waals surface area contributed by atoms with Crippen LogP contribution in [-0.4, -0.2) is 47.1 Å². The van der Waals surface area contributed by atoms with E-state index in [1.54, 1.807) is 36.5 Å². The molecule has 0 unspecified atom stereocenters. The molecule has 1 aliphatic rings. The van der Waals surface area contributed by atoms with E-state index in [0.717, 1.165) is 43.9 Å². The third-order valence-electron chi connectivity index (χ3n) is 7.82. The number of nitrogens with zero attached hydrogens (tertiary/aromatic N) is 2.